The summed E-state index contributed by atoms with van der Waals surface area (Å²) in [6.45, 7) is 3.53. The topological polar surface area (TPSA) is 27.7 Å². The summed E-state index contributed by atoms with van der Waals surface area (Å²) in [4.78, 5) is 0. The Labute approximate surface area is 149 Å². The molecule has 0 unspecified atom stereocenters. The second kappa shape index (κ2) is 10.3. The van der Waals surface area contributed by atoms with Crippen LogP contribution in [0.2, 0.25) is 0 Å². The molecular weight excluding hydrogens is 324 g/mol. The number of alkyl halides is 1. The van der Waals surface area contributed by atoms with Crippen LogP contribution in [0, 0.1) is 0 Å². The molecule has 0 bridgehead atoms. The lowest BCUT2D eigenvalue weighted by molar-refractivity contribution is 0.286. The van der Waals surface area contributed by atoms with Crippen LogP contribution in [0.3, 0.4) is 0 Å². The molecule has 0 saturated carbocycles. The van der Waals surface area contributed by atoms with Gasteiger partial charge in [0.2, 0.25) is 0 Å². The number of unbranched alkanes of at least 4 members (excludes halogenated alkanes) is 3. The molecule has 2 aromatic rings. The molecule has 0 saturated heterocycles. The van der Waals surface area contributed by atoms with Crippen molar-refractivity contribution in [1.82, 2.24) is 0 Å². The van der Waals surface area contributed by atoms with Gasteiger partial charge in [-0.3, -0.25) is 0 Å². The van der Waals surface area contributed by atoms with E-state index in [4.69, 9.17) is 25.8 Å². The molecule has 2 aromatic carbocycles. The van der Waals surface area contributed by atoms with Crippen molar-refractivity contribution in [1.29, 1.82) is 0 Å². The number of benzene rings is 2. The molecule has 0 aliphatic rings. The summed E-state index contributed by atoms with van der Waals surface area (Å²) in [5.41, 5.74) is 0. The van der Waals surface area contributed by atoms with Crippen LogP contribution in [0.1, 0.15) is 39.0 Å². The maximum absolute atomic E-state index is 5.92. The molecule has 0 fully saturated rings. The fraction of sp³-hybridized carbons (Fsp3) is 0.500. The van der Waals surface area contributed by atoms with Crippen LogP contribution >= 0.6 is 11.6 Å². The van der Waals surface area contributed by atoms with Gasteiger partial charge in [-0.2, -0.15) is 0 Å². The maximum atomic E-state index is 5.92. The van der Waals surface area contributed by atoms with Gasteiger partial charge in [0.1, 0.15) is 5.75 Å². The molecule has 24 heavy (non-hydrogen) atoms. The van der Waals surface area contributed by atoms with E-state index in [0.717, 1.165) is 72.6 Å². The Kier molecular flexibility index (Phi) is 8.03. The van der Waals surface area contributed by atoms with E-state index in [9.17, 15) is 0 Å². The molecule has 132 valence electrons. The second-order valence-electron chi connectivity index (χ2n) is 5.78. The van der Waals surface area contributed by atoms with Crippen molar-refractivity contribution >= 4 is 22.4 Å². The Morgan fingerprint density at radius 2 is 1.75 bits per heavy atom. The van der Waals surface area contributed by atoms with Crippen molar-refractivity contribution in [3.63, 3.8) is 0 Å². The third-order valence-corrected chi connectivity index (χ3v) is 4.14. The van der Waals surface area contributed by atoms with Crippen molar-refractivity contribution in [2.24, 2.45) is 0 Å². The van der Waals surface area contributed by atoms with Crippen molar-refractivity contribution in [3.8, 4) is 17.2 Å². The van der Waals surface area contributed by atoms with Crippen molar-refractivity contribution in [2.45, 2.75) is 39.0 Å². The van der Waals surface area contributed by atoms with Crippen molar-refractivity contribution < 1.29 is 14.2 Å². The van der Waals surface area contributed by atoms with Gasteiger partial charge in [-0.25, -0.2) is 0 Å². The number of hydrogen-bond acceptors (Lipinski definition) is 3. The molecule has 0 radical (unpaired) electrons. The Hall–Kier alpha value is -1.61. The summed E-state index contributed by atoms with van der Waals surface area (Å²) in [5.74, 6) is 3.21. The second-order valence-corrected chi connectivity index (χ2v) is 6.16. The highest BCUT2D eigenvalue weighted by atomic mass is 35.5. The van der Waals surface area contributed by atoms with Crippen LogP contribution < -0.4 is 14.2 Å². The number of rotatable bonds is 11. The average molecular weight is 351 g/mol. The van der Waals surface area contributed by atoms with E-state index in [0.29, 0.717) is 6.61 Å². The molecule has 0 N–H and O–H groups in total. The number of fused-ring (bicyclic) bond motifs is 1. The van der Waals surface area contributed by atoms with Gasteiger partial charge in [-0.15, -0.1) is 11.6 Å². The Morgan fingerprint density at radius 1 is 0.917 bits per heavy atom. The van der Waals surface area contributed by atoms with Gasteiger partial charge < -0.3 is 14.2 Å². The summed E-state index contributed by atoms with van der Waals surface area (Å²) in [5, 5.41) is 2.14. The Morgan fingerprint density at radius 3 is 2.50 bits per heavy atom. The van der Waals surface area contributed by atoms with E-state index in [1.165, 1.54) is 0 Å². The molecule has 0 aromatic heterocycles. The normalized spacial score (nSPS) is 10.8. The number of halogens is 1. The highest BCUT2D eigenvalue weighted by molar-refractivity contribution is 6.17. The highest BCUT2D eigenvalue weighted by Gasteiger charge is 2.10. The molecule has 4 heteroatoms. The van der Waals surface area contributed by atoms with Gasteiger partial charge in [-0.05, 0) is 48.9 Å². The zero-order valence-corrected chi connectivity index (χ0v) is 15.4. The lowest BCUT2D eigenvalue weighted by Crippen LogP contribution is -2.00. The molecule has 0 spiro atoms. The molecule has 2 rings (SSSR count). The lowest BCUT2D eigenvalue weighted by Gasteiger charge is -2.14. The fourth-order valence-corrected chi connectivity index (χ4v) is 2.81. The zero-order chi connectivity index (χ0) is 17.2. The first-order valence-electron chi connectivity index (χ1n) is 8.72. The molecule has 0 aliphatic carbocycles. The summed E-state index contributed by atoms with van der Waals surface area (Å²) < 4.78 is 17.2. The molecular formula is C20H27ClO3. The van der Waals surface area contributed by atoms with Crippen molar-refractivity contribution in [2.75, 3.05) is 26.2 Å². The van der Waals surface area contributed by atoms with Gasteiger partial charge in [-0.1, -0.05) is 25.8 Å². The number of methoxy groups -OCH3 is 1. The summed E-state index contributed by atoms with van der Waals surface area (Å²) in [7, 11) is 1.68. The first-order chi connectivity index (χ1) is 11.8. The first-order valence-corrected chi connectivity index (χ1v) is 9.26. The quantitative estimate of drug-likeness (QED) is 0.377. The predicted octanol–water partition coefficient (Wildman–Crippen LogP) is 5.82. The summed E-state index contributed by atoms with van der Waals surface area (Å²) in [6.07, 6.45) is 5.40. The standard InChI is InChI=1S/C20H27ClO3/c1-3-13-23-17-9-10-18-16(15-17)8-11-19(20(18)22-2)24-14-7-5-4-6-12-21/h8-11,15H,3-7,12-14H2,1-2H3. The van der Waals surface area contributed by atoms with Gasteiger partial charge in [0, 0.05) is 11.3 Å². The van der Waals surface area contributed by atoms with E-state index in [1.54, 1.807) is 7.11 Å². The minimum Gasteiger partial charge on any atom is -0.494 e. The van der Waals surface area contributed by atoms with Gasteiger partial charge in [0.15, 0.2) is 11.5 Å². The van der Waals surface area contributed by atoms with E-state index in [-0.39, 0.29) is 0 Å². The van der Waals surface area contributed by atoms with Crippen molar-refractivity contribution in [3.05, 3.63) is 30.3 Å². The van der Waals surface area contributed by atoms with Crippen LogP contribution in [-0.2, 0) is 0 Å². The average Bonchev–Trinajstić information content (AvgIpc) is 2.62. The summed E-state index contributed by atoms with van der Waals surface area (Å²) in [6, 6.07) is 10.1. The predicted molar refractivity (Wildman–Crippen MR) is 101 cm³/mol. The van der Waals surface area contributed by atoms with Crippen LogP contribution in [0.5, 0.6) is 17.2 Å². The van der Waals surface area contributed by atoms with Crippen LogP contribution in [0.4, 0.5) is 0 Å². The Bertz CT molecular complexity index is 628. The molecule has 0 amide bonds. The SMILES string of the molecule is CCCOc1ccc2c(OC)c(OCCCCCCCl)ccc2c1. The molecule has 0 aliphatic heterocycles. The van der Waals surface area contributed by atoms with Gasteiger partial charge in [0.25, 0.3) is 0 Å². The van der Waals surface area contributed by atoms with E-state index >= 15 is 0 Å². The Balaban J connectivity index is 2.05. The molecule has 3 nitrogen and oxygen atoms in total. The highest BCUT2D eigenvalue weighted by Crippen LogP contribution is 2.37. The van der Waals surface area contributed by atoms with E-state index in [1.807, 2.05) is 24.3 Å². The molecule has 0 heterocycles. The first kappa shape index (κ1) is 18.7. The van der Waals surface area contributed by atoms with Crippen LogP contribution in [-0.4, -0.2) is 26.2 Å². The minimum absolute atomic E-state index is 0.696. The number of hydrogen-bond donors (Lipinski definition) is 0. The monoisotopic (exact) mass is 350 g/mol. The van der Waals surface area contributed by atoms with Gasteiger partial charge >= 0.3 is 0 Å². The number of ether oxygens (including phenoxy) is 3. The third kappa shape index (κ3) is 5.20. The molecule has 0 atom stereocenters. The maximum Gasteiger partial charge on any atom is 0.168 e. The van der Waals surface area contributed by atoms with Crippen LogP contribution in [0.25, 0.3) is 10.8 Å². The smallest absolute Gasteiger partial charge is 0.168 e. The summed E-state index contributed by atoms with van der Waals surface area (Å²) >= 11 is 5.69. The van der Waals surface area contributed by atoms with E-state index < -0.39 is 0 Å². The zero-order valence-electron chi connectivity index (χ0n) is 14.6. The van der Waals surface area contributed by atoms with E-state index in [2.05, 4.69) is 13.0 Å². The van der Waals surface area contributed by atoms with Gasteiger partial charge in [0.05, 0.1) is 20.3 Å². The van der Waals surface area contributed by atoms with Crippen LogP contribution in [0.15, 0.2) is 30.3 Å². The lowest BCUT2D eigenvalue weighted by atomic mass is 10.1. The fourth-order valence-electron chi connectivity index (χ4n) is 2.63. The minimum atomic E-state index is 0.696. The third-order valence-electron chi connectivity index (χ3n) is 3.87. The largest absolute Gasteiger partial charge is 0.494 e.